The van der Waals surface area contributed by atoms with Crippen molar-refractivity contribution in [2.24, 2.45) is 5.92 Å². The zero-order valence-corrected chi connectivity index (χ0v) is 13.0. The Morgan fingerprint density at radius 1 is 1.12 bits per heavy atom. The van der Waals surface area contributed by atoms with Gasteiger partial charge in [0.15, 0.2) is 0 Å². The Balaban J connectivity index is 2.54. The molecule has 0 aliphatic heterocycles. The number of alkyl halides is 3. The van der Waals surface area contributed by atoms with Crippen molar-refractivity contribution in [3.8, 4) is 0 Å². The normalized spacial score (nSPS) is 13.7. The van der Waals surface area contributed by atoms with Crippen LogP contribution in [0.4, 0.5) is 13.2 Å². The molecule has 2 amide bonds. The molecule has 0 aliphatic rings. The Bertz CT molecular complexity index is 614. The third-order valence-electron chi connectivity index (χ3n) is 3.41. The van der Waals surface area contributed by atoms with Crippen LogP contribution in [0.3, 0.4) is 0 Å². The molecule has 0 radical (unpaired) electrons. The van der Waals surface area contributed by atoms with E-state index in [2.05, 4.69) is 10.6 Å². The van der Waals surface area contributed by atoms with Gasteiger partial charge >= 0.3 is 12.1 Å². The fourth-order valence-corrected chi connectivity index (χ4v) is 1.72. The first-order chi connectivity index (χ1) is 11.0. The van der Waals surface area contributed by atoms with Crippen molar-refractivity contribution >= 4 is 17.8 Å². The first-order valence-electron chi connectivity index (χ1n) is 7.00. The highest BCUT2D eigenvalue weighted by atomic mass is 19.4. The van der Waals surface area contributed by atoms with Crippen molar-refractivity contribution in [1.82, 2.24) is 10.6 Å². The maximum Gasteiger partial charge on any atom is 0.416 e. The van der Waals surface area contributed by atoms with Crippen molar-refractivity contribution < 1.29 is 32.7 Å². The summed E-state index contributed by atoms with van der Waals surface area (Å²) in [5, 5.41) is 13.5. The minimum atomic E-state index is -4.49. The smallest absolute Gasteiger partial charge is 0.416 e. The van der Waals surface area contributed by atoms with Crippen LogP contribution in [0.2, 0.25) is 0 Å². The topological polar surface area (TPSA) is 95.5 Å². The Morgan fingerprint density at radius 3 is 2.12 bits per heavy atom. The number of benzene rings is 1. The van der Waals surface area contributed by atoms with Crippen LogP contribution in [-0.2, 0) is 15.8 Å². The van der Waals surface area contributed by atoms with Crippen molar-refractivity contribution in [2.75, 3.05) is 6.54 Å². The molecule has 9 heteroatoms. The number of hydrogen-bond donors (Lipinski definition) is 3. The summed E-state index contributed by atoms with van der Waals surface area (Å²) in [4.78, 5) is 34.2. The summed E-state index contributed by atoms with van der Waals surface area (Å²) >= 11 is 0. The SMILES string of the molecule is CC(NC(=O)CNC(=O)c1ccc(C(F)(F)F)cc1)C(C)C(=O)O. The van der Waals surface area contributed by atoms with E-state index in [0.29, 0.717) is 0 Å². The van der Waals surface area contributed by atoms with E-state index in [4.69, 9.17) is 5.11 Å². The number of hydrogen-bond acceptors (Lipinski definition) is 3. The second kappa shape index (κ2) is 7.80. The van der Waals surface area contributed by atoms with Gasteiger partial charge in [0.05, 0.1) is 18.0 Å². The van der Waals surface area contributed by atoms with Gasteiger partial charge in [0.1, 0.15) is 0 Å². The molecule has 3 N–H and O–H groups in total. The van der Waals surface area contributed by atoms with E-state index in [1.54, 1.807) is 0 Å². The van der Waals surface area contributed by atoms with Crippen LogP contribution in [0.5, 0.6) is 0 Å². The summed E-state index contributed by atoms with van der Waals surface area (Å²) in [6.07, 6.45) is -4.49. The van der Waals surface area contributed by atoms with E-state index in [9.17, 15) is 27.6 Å². The molecule has 0 spiro atoms. The van der Waals surface area contributed by atoms with Crippen molar-refractivity contribution in [3.63, 3.8) is 0 Å². The molecule has 1 rings (SSSR count). The molecule has 0 bridgehead atoms. The number of carbonyl (C=O) groups excluding carboxylic acids is 2. The highest BCUT2D eigenvalue weighted by molar-refractivity contribution is 5.96. The van der Waals surface area contributed by atoms with Gasteiger partial charge in [-0.1, -0.05) is 0 Å². The number of rotatable bonds is 6. The predicted molar refractivity (Wildman–Crippen MR) is 78.2 cm³/mol. The molecule has 2 atom stereocenters. The standard InChI is InChI=1S/C15H17F3N2O4/c1-8(14(23)24)9(2)20-12(21)7-19-13(22)10-3-5-11(6-4-10)15(16,17)18/h3-6,8-9H,7H2,1-2H3,(H,19,22)(H,20,21)(H,23,24). The molecule has 0 heterocycles. The van der Waals surface area contributed by atoms with E-state index in [1.807, 2.05) is 0 Å². The molecular weight excluding hydrogens is 329 g/mol. The van der Waals surface area contributed by atoms with Gasteiger partial charge in [0.25, 0.3) is 5.91 Å². The molecule has 132 valence electrons. The number of carboxylic acid groups (broad SMARTS) is 1. The van der Waals surface area contributed by atoms with Gasteiger partial charge in [-0.15, -0.1) is 0 Å². The number of halogens is 3. The summed E-state index contributed by atoms with van der Waals surface area (Å²) in [5.41, 5.74) is -0.906. The molecule has 0 aliphatic carbocycles. The zero-order valence-electron chi connectivity index (χ0n) is 13.0. The molecule has 1 aromatic carbocycles. The van der Waals surface area contributed by atoms with Gasteiger partial charge in [0.2, 0.25) is 5.91 Å². The van der Waals surface area contributed by atoms with Crippen LogP contribution in [0.15, 0.2) is 24.3 Å². The van der Waals surface area contributed by atoms with E-state index < -0.39 is 48.0 Å². The lowest BCUT2D eigenvalue weighted by atomic mass is 10.0. The van der Waals surface area contributed by atoms with E-state index in [1.165, 1.54) is 13.8 Å². The lowest BCUT2D eigenvalue weighted by molar-refractivity contribution is -0.142. The second-order valence-electron chi connectivity index (χ2n) is 5.24. The highest BCUT2D eigenvalue weighted by Crippen LogP contribution is 2.28. The van der Waals surface area contributed by atoms with Gasteiger partial charge in [-0.25, -0.2) is 0 Å². The summed E-state index contributed by atoms with van der Waals surface area (Å²) in [5.74, 6) is -3.19. The number of amides is 2. The molecular formula is C15H17F3N2O4. The molecule has 0 fully saturated rings. The number of carboxylic acids is 1. The molecule has 0 aromatic heterocycles. The first-order valence-corrected chi connectivity index (χ1v) is 7.00. The average molecular weight is 346 g/mol. The molecule has 24 heavy (non-hydrogen) atoms. The Morgan fingerprint density at radius 2 is 1.67 bits per heavy atom. The predicted octanol–water partition coefficient (Wildman–Crippen LogP) is 1.66. The third-order valence-corrected chi connectivity index (χ3v) is 3.41. The van der Waals surface area contributed by atoms with Crippen LogP contribution >= 0.6 is 0 Å². The molecule has 0 saturated heterocycles. The van der Waals surface area contributed by atoms with E-state index in [0.717, 1.165) is 24.3 Å². The number of nitrogens with one attached hydrogen (secondary N) is 2. The quantitative estimate of drug-likeness (QED) is 0.730. The maximum atomic E-state index is 12.4. The minimum Gasteiger partial charge on any atom is -0.481 e. The summed E-state index contributed by atoms with van der Waals surface area (Å²) in [7, 11) is 0. The highest BCUT2D eigenvalue weighted by Gasteiger charge is 2.30. The van der Waals surface area contributed by atoms with Crippen molar-refractivity contribution in [1.29, 1.82) is 0 Å². The number of carbonyl (C=O) groups is 3. The zero-order chi connectivity index (χ0) is 18.5. The van der Waals surface area contributed by atoms with Gasteiger partial charge in [0, 0.05) is 11.6 Å². The van der Waals surface area contributed by atoms with Gasteiger partial charge in [-0.05, 0) is 38.1 Å². The Labute approximate surface area is 136 Å². The third kappa shape index (κ3) is 5.56. The molecule has 2 unspecified atom stereocenters. The Kier molecular flexibility index (Phi) is 6.33. The van der Waals surface area contributed by atoms with Crippen LogP contribution < -0.4 is 10.6 Å². The monoisotopic (exact) mass is 346 g/mol. The summed E-state index contributed by atoms with van der Waals surface area (Å²) in [6, 6.07) is 2.91. The van der Waals surface area contributed by atoms with E-state index >= 15 is 0 Å². The molecule has 6 nitrogen and oxygen atoms in total. The largest absolute Gasteiger partial charge is 0.481 e. The average Bonchev–Trinajstić information content (AvgIpc) is 2.50. The number of aliphatic carboxylic acids is 1. The van der Waals surface area contributed by atoms with Crippen LogP contribution in [-0.4, -0.2) is 35.5 Å². The lowest BCUT2D eigenvalue weighted by Gasteiger charge is -2.17. The fourth-order valence-electron chi connectivity index (χ4n) is 1.72. The first kappa shape index (κ1) is 19.5. The second-order valence-corrected chi connectivity index (χ2v) is 5.24. The molecule has 1 aromatic rings. The van der Waals surface area contributed by atoms with Crippen LogP contribution in [0, 0.1) is 5.92 Å². The van der Waals surface area contributed by atoms with E-state index in [-0.39, 0.29) is 5.56 Å². The van der Waals surface area contributed by atoms with Crippen LogP contribution in [0.1, 0.15) is 29.8 Å². The van der Waals surface area contributed by atoms with Crippen molar-refractivity contribution in [3.05, 3.63) is 35.4 Å². The summed E-state index contributed by atoms with van der Waals surface area (Å²) in [6.45, 7) is 2.51. The minimum absolute atomic E-state index is 0.0252. The van der Waals surface area contributed by atoms with Gasteiger partial charge in [-0.3, -0.25) is 14.4 Å². The fraction of sp³-hybridized carbons (Fsp3) is 0.400. The van der Waals surface area contributed by atoms with Gasteiger partial charge < -0.3 is 15.7 Å². The van der Waals surface area contributed by atoms with Gasteiger partial charge in [-0.2, -0.15) is 13.2 Å². The lowest BCUT2D eigenvalue weighted by Crippen LogP contribution is -2.44. The van der Waals surface area contributed by atoms with Crippen LogP contribution in [0.25, 0.3) is 0 Å². The Hall–Kier alpha value is -2.58. The summed E-state index contributed by atoms with van der Waals surface area (Å²) < 4.78 is 37.3. The van der Waals surface area contributed by atoms with Crippen molar-refractivity contribution in [2.45, 2.75) is 26.1 Å². The maximum absolute atomic E-state index is 12.4. The molecule has 0 saturated carbocycles.